The minimum absolute atomic E-state index is 0. The van der Waals surface area contributed by atoms with E-state index in [1.54, 1.807) is 12.1 Å². The van der Waals surface area contributed by atoms with Gasteiger partial charge in [0.05, 0.1) is 5.69 Å². The van der Waals surface area contributed by atoms with Crippen LogP contribution in [0.2, 0.25) is 0 Å². The average molecular weight is 387 g/mol. The average Bonchev–Trinajstić information content (AvgIpc) is 3.01. The van der Waals surface area contributed by atoms with Crippen LogP contribution in [-0.2, 0) is 10.0 Å². The fraction of sp³-hybridized carbons (Fsp3) is 0.357. The van der Waals surface area contributed by atoms with E-state index in [1.165, 1.54) is 17.1 Å². The number of nitrogens with one attached hydrogen (secondary N) is 3. The molecule has 0 saturated heterocycles. The molecule has 0 atom stereocenters. The number of anilines is 1. The third-order valence-corrected chi connectivity index (χ3v) is 4.88. The van der Waals surface area contributed by atoms with Crippen LogP contribution in [0, 0.1) is 0 Å². The van der Waals surface area contributed by atoms with E-state index in [0.717, 1.165) is 13.0 Å². The number of hydrogen-bond donors (Lipinski definition) is 3. The van der Waals surface area contributed by atoms with Gasteiger partial charge < -0.3 is 10.6 Å². The van der Waals surface area contributed by atoms with E-state index >= 15 is 0 Å². The summed E-state index contributed by atoms with van der Waals surface area (Å²) in [7, 11) is -3.78. The smallest absolute Gasteiger partial charge is 0.266 e. The summed E-state index contributed by atoms with van der Waals surface area (Å²) < 4.78 is 28.3. The number of halogens is 1. The molecule has 0 unspecified atom stereocenters. The molecule has 0 bridgehead atoms. The third kappa shape index (κ3) is 3.91. The molecular formula is C14H19ClN6O3S. The molecule has 0 aliphatic carbocycles. The number of sulfonamides is 1. The zero-order valence-corrected chi connectivity index (χ0v) is 15.2. The number of fused-ring (bicyclic) bond motifs is 3. The van der Waals surface area contributed by atoms with Gasteiger partial charge in [-0.05, 0) is 31.2 Å². The Hall–Kier alpha value is -2.17. The van der Waals surface area contributed by atoms with Crippen LogP contribution in [0.5, 0.6) is 0 Å². The van der Waals surface area contributed by atoms with Crippen LogP contribution in [-0.4, -0.2) is 48.7 Å². The first kappa shape index (κ1) is 19.2. The third-order valence-electron chi connectivity index (χ3n) is 3.53. The van der Waals surface area contributed by atoms with Gasteiger partial charge in [-0.1, -0.05) is 6.92 Å². The Labute approximate surface area is 151 Å². The predicted octanol–water partition coefficient (Wildman–Crippen LogP) is 0.533. The lowest BCUT2D eigenvalue weighted by atomic mass is 10.2. The zero-order valence-electron chi connectivity index (χ0n) is 13.5. The summed E-state index contributed by atoms with van der Waals surface area (Å²) in [5.41, 5.74) is 0.639. The number of carbonyl (C=O) groups excluding carboxylic acids is 1. The minimum atomic E-state index is -3.78. The molecule has 2 aromatic rings. The summed E-state index contributed by atoms with van der Waals surface area (Å²) in [6.07, 6.45) is 2.28. The molecule has 9 nitrogen and oxygen atoms in total. The number of carbonyl (C=O) groups is 1. The van der Waals surface area contributed by atoms with Gasteiger partial charge in [-0.2, -0.15) is 14.8 Å². The summed E-state index contributed by atoms with van der Waals surface area (Å²) in [6.45, 7) is 4.08. The number of hydrogen-bond acceptors (Lipinski definition) is 6. The van der Waals surface area contributed by atoms with E-state index in [2.05, 4.69) is 32.4 Å². The SMILES string of the molecule is CCCNCCNC(=O)c1ccc2c(c1)S(=O)(=O)Nc1ncnn1-2.Cl. The van der Waals surface area contributed by atoms with E-state index in [4.69, 9.17) is 0 Å². The highest BCUT2D eigenvalue weighted by atomic mass is 35.5. The Balaban J connectivity index is 0.00000225. The highest BCUT2D eigenvalue weighted by Crippen LogP contribution is 2.29. The first-order valence-electron chi connectivity index (χ1n) is 7.59. The second-order valence-corrected chi connectivity index (χ2v) is 6.94. The molecule has 3 N–H and O–H groups in total. The van der Waals surface area contributed by atoms with Gasteiger partial charge in [0, 0.05) is 18.7 Å². The number of nitrogens with zero attached hydrogens (tertiary/aromatic N) is 3. The summed E-state index contributed by atoms with van der Waals surface area (Å²) >= 11 is 0. The summed E-state index contributed by atoms with van der Waals surface area (Å²) in [5.74, 6) is -0.197. The largest absolute Gasteiger partial charge is 0.351 e. The fourth-order valence-electron chi connectivity index (χ4n) is 2.38. The van der Waals surface area contributed by atoms with Gasteiger partial charge in [0.1, 0.15) is 11.2 Å². The molecule has 3 rings (SSSR count). The topological polar surface area (TPSA) is 118 Å². The summed E-state index contributed by atoms with van der Waals surface area (Å²) in [5, 5.41) is 9.91. The standard InChI is InChI=1S/C14H18N6O3S.ClH/c1-2-5-15-6-7-16-13(21)10-3-4-11-12(8-10)24(22,23)19-14-17-9-18-20(11)14;/h3-4,8-9,15H,2,5-7H2,1H3,(H,16,21)(H,17,18,19);1H. The molecule has 1 aromatic heterocycles. The van der Waals surface area contributed by atoms with E-state index in [-0.39, 0.29) is 34.7 Å². The highest BCUT2D eigenvalue weighted by molar-refractivity contribution is 7.93. The Morgan fingerprint density at radius 3 is 2.84 bits per heavy atom. The second kappa shape index (κ2) is 7.81. The molecule has 1 amide bonds. The van der Waals surface area contributed by atoms with Gasteiger partial charge in [0.25, 0.3) is 15.9 Å². The van der Waals surface area contributed by atoms with Crippen LogP contribution in [0.4, 0.5) is 5.95 Å². The van der Waals surface area contributed by atoms with Crippen LogP contribution in [0.1, 0.15) is 23.7 Å². The van der Waals surface area contributed by atoms with Gasteiger partial charge >= 0.3 is 0 Å². The molecule has 2 heterocycles. The maximum Gasteiger partial charge on any atom is 0.266 e. The molecule has 1 aliphatic rings. The Bertz CT molecular complexity index is 867. The van der Waals surface area contributed by atoms with Crippen LogP contribution in [0.25, 0.3) is 5.69 Å². The van der Waals surface area contributed by atoms with Crippen molar-refractivity contribution in [3.8, 4) is 5.69 Å². The van der Waals surface area contributed by atoms with Gasteiger partial charge in [-0.15, -0.1) is 12.4 Å². The fourth-order valence-corrected chi connectivity index (χ4v) is 3.58. The van der Waals surface area contributed by atoms with E-state index in [9.17, 15) is 13.2 Å². The summed E-state index contributed by atoms with van der Waals surface area (Å²) in [4.78, 5) is 16.0. The predicted molar refractivity (Wildman–Crippen MR) is 94.9 cm³/mol. The molecule has 0 spiro atoms. The van der Waals surface area contributed by atoms with Crippen molar-refractivity contribution in [3.63, 3.8) is 0 Å². The van der Waals surface area contributed by atoms with E-state index in [1.807, 2.05) is 0 Å². The molecule has 25 heavy (non-hydrogen) atoms. The maximum atomic E-state index is 12.3. The van der Waals surface area contributed by atoms with Gasteiger partial charge in [-0.3, -0.25) is 4.79 Å². The van der Waals surface area contributed by atoms with Gasteiger partial charge in [-0.25, -0.2) is 13.1 Å². The van der Waals surface area contributed by atoms with E-state index < -0.39 is 10.0 Å². The van der Waals surface area contributed by atoms with Gasteiger partial charge in [0.2, 0.25) is 5.95 Å². The van der Waals surface area contributed by atoms with Crippen molar-refractivity contribution < 1.29 is 13.2 Å². The van der Waals surface area contributed by atoms with E-state index in [0.29, 0.717) is 18.8 Å². The van der Waals surface area contributed by atoms with Crippen LogP contribution in [0.3, 0.4) is 0 Å². The highest BCUT2D eigenvalue weighted by Gasteiger charge is 2.29. The lowest BCUT2D eigenvalue weighted by molar-refractivity contribution is 0.0953. The van der Waals surface area contributed by atoms with Crippen molar-refractivity contribution in [3.05, 3.63) is 30.1 Å². The van der Waals surface area contributed by atoms with Crippen LogP contribution >= 0.6 is 12.4 Å². The number of benzene rings is 1. The number of amides is 1. The van der Waals surface area contributed by atoms with Crippen molar-refractivity contribution in [1.29, 1.82) is 0 Å². The Morgan fingerprint density at radius 2 is 2.08 bits per heavy atom. The molecule has 0 saturated carbocycles. The molecule has 1 aliphatic heterocycles. The number of rotatable bonds is 6. The Morgan fingerprint density at radius 1 is 1.28 bits per heavy atom. The molecule has 1 aromatic carbocycles. The van der Waals surface area contributed by atoms with Crippen LogP contribution < -0.4 is 15.4 Å². The lowest BCUT2D eigenvalue weighted by Gasteiger charge is -2.19. The van der Waals surface area contributed by atoms with Crippen molar-refractivity contribution >= 4 is 34.3 Å². The maximum absolute atomic E-state index is 12.3. The lowest BCUT2D eigenvalue weighted by Crippen LogP contribution is -2.32. The molecular weight excluding hydrogens is 368 g/mol. The zero-order chi connectivity index (χ0) is 17.2. The van der Waals surface area contributed by atoms with Crippen molar-refractivity contribution in [1.82, 2.24) is 25.4 Å². The van der Waals surface area contributed by atoms with Crippen LogP contribution in [0.15, 0.2) is 29.4 Å². The minimum Gasteiger partial charge on any atom is -0.351 e. The second-order valence-electron chi connectivity index (χ2n) is 5.29. The van der Waals surface area contributed by atoms with Crippen molar-refractivity contribution in [2.24, 2.45) is 0 Å². The first-order chi connectivity index (χ1) is 11.5. The normalized spacial score (nSPS) is 13.8. The Kier molecular flexibility index (Phi) is 5.98. The molecule has 0 radical (unpaired) electrons. The molecule has 0 fully saturated rings. The number of aromatic nitrogens is 3. The quantitative estimate of drug-likeness (QED) is 0.623. The summed E-state index contributed by atoms with van der Waals surface area (Å²) in [6, 6.07) is 4.47. The van der Waals surface area contributed by atoms with Crippen molar-refractivity contribution in [2.45, 2.75) is 18.2 Å². The molecule has 136 valence electrons. The van der Waals surface area contributed by atoms with Gasteiger partial charge in [0.15, 0.2) is 0 Å². The first-order valence-corrected chi connectivity index (χ1v) is 9.07. The monoisotopic (exact) mass is 386 g/mol. The molecule has 11 heteroatoms. The van der Waals surface area contributed by atoms with Crippen molar-refractivity contribution in [2.75, 3.05) is 24.4 Å².